The van der Waals surface area contributed by atoms with E-state index in [-0.39, 0.29) is 6.61 Å². The van der Waals surface area contributed by atoms with Crippen molar-refractivity contribution in [1.82, 2.24) is 0 Å². The van der Waals surface area contributed by atoms with Crippen molar-refractivity contribution < 1.29 is 15.0 Å². The van der Waals surface area contributed by atoms with Crippen LogP contribution in [0, 0.1) is 0 Å². The summed E-state index contributed by atoms with van der Waals surface area (Å²) in [5, 5.41) is 20.6. The van der Waals surface area contributed by atoms with E-state index < -0.39 is 5.97 Å². The molecule has 1 aromatic rings. The summed E-state index contributed by atoms with van der Waals surface area (Å²) in [6.45, 7) is 0.940. The van der Waals surface area contributed by atoms with Gasteiger partial charge in [0.05, 0.1) is 5.56 Å². The Morgan fingerprint density at radius 3 is 2.62 bits per heavy atom. The van der Waals surface area contributed by atoms with E-state index in [1.165, 1.54) is 0 Å². The molecule has 0 bridgehead atoms. The summed E-state index contributed by atoms with van der Waals surface area (Å²) in [6, 6.07) is 6.86. The predicted molar refractivity (Wildman–Crippen MR) is 62.8 cm³/mol. The number of hydrogen-bond acceptors (Lipinski definition) is 3. The van der Waals surface area contributed by atoms with Crippen molar-refractivity contribution in [2.75, 3.05) is 18.5 Å². The summed E-state index contributed by atoms with van der Waals surface area (Å²) < 4.78 is 0. The van der Waals surface area contributed by atoms with Gasteiger partial charge in [-0.2, -0.15) is 0 Å². The van der Waals surface area contributed by atoms with Gasteiger partial charge in [-0.25, -0.2) is 4.79 Å². The van der Waals surface area contributed by atoms with Crippen LogP contribution in [-0.4, -0.2) is 29.3 Å². The second kappa shape index (κ2) is 6.85. The molecule has 0 spiro atoms. The number of benzene rings is 1. The Kier molecular flexibility index (Phi) is 5.36. The van der Waals surface area contributed by atoms with Crippen molar-refractivity contribution in [3.8, 4) is 0 Å². The van der Waals surface area contributed by atoms with Crippen LogP contribution in [0.15, 0.2) is 24.3 Å². The molecule has 0 radical (unpaired) electrons. The maximum atomic E-state index is 10.9. The smallest absolute Gasteiger partial charge is 0.337 e. The topological polar surface area (TPSA) is 69.6 Å². The second-order valence-corrected chi connectivity index (χ2v) is 3.56. The molecule has 0 heterocycles. The Balaban J connectivity index is 2.44. The first-order chi connectivity index (χ1) is 7.75. The number of carboxylic acids is 1. The Bertz CT molecular complexity index is 339. The molecule has 0 aromatic heterocycles. The van der Waals surface area contributed by atoms with Gasteiger partial charge < -0.3 is 15.5 Å². The number of rotatable bonds is 7. The first-order valence-corrected chi connectivity index (χ1v) is 5.42. The van der Waals surface area contributed by atoms with Gasteiger partial charge in [0.15, 0.2) is 0 Å². The molecule has 0 saturated heterocycles. The molecular weight excluding hydrogens is 206 g/mol. The third-order valence-corrected chi connectivity index (χ3v) is 2.31. The summed E-state index contributed by atoms with van der Waals surface area (Å²) in [5.41, 5.74) is 0.948. The molecule has 0 aliphatic heterocycles. The molecule has 16 heavy (non-hydrogen) atoms. The second-order valence-electron chi connectivity index (χ2n) is 3.56. The number of carbonyl (C=O) groups is 1. The number of aliphatic hydroxyl groups excluding tert-OH is 1. The van der Waals surface area contributed by atoms with Crippen LogP contribution in [-0.2, 0) is 0 Å². The monoisotopic (exact) mass is 223 g/mol. The maximum absolute atomic E-state index is 10.9. The lowest BCUT2D eigenvalue weighted by Crippen LogP contribution is -2.07. The zero-order chi connectivity index (χ0) is 11.8. The van der Waals surface area contributed by atoms with Crippen LogP contribution < -0.4 is 5.32 Å². The number of aliphatic hydroxyl groups is 1. The van der Waals surface area contributed by atoms with Crippen LogP contribution >= 0.6 is 0 Å². The van der Waals surface area contributed by atoms with Gasteiger partial charge in [-0.15, -0.1) is 0 Å². The highest BCUT2D eigenvalue weighted by Crippen LogP contribution is 2.14. The van der Waals surface area contributed by atoms with Gasteiger partial charge in [-0.3, -0.25) is 0 Å². The summed E-state index contributed by atoms with van der Waals surface area (Å²) in [4.78, 5) is 10.9. The number of unbranched alkanes of at least 4 members (excludes halogenated alkanes) is 2. The molecule has 0 fully saturated rings. The fraction of sp³-hybridized carbons (Fsp3) is 0.417. The van der Waals surface area contributed by atoms with Crippen LogP contribution in [0.25, 0.3) is 0 Å². The van der Waals surface area contributed by atoms with Crippen LogP contribution in [0.2, 0.25) is 0 Å². The van der Waals surface area contributed by atoms with Crippen molar-refractivity contribution in [1.29, 1.82) is 0 Å². The van der Waals surface area contributed by atoms with E-state index >= 15 is 0 Å². The number of carboxylic acid groups (broad SMARTS) is 1. The summed E-state index contributed by atoms with van der Waals surface area (Å²) >= 11 is 0. The number of hydrogen-bond donors (Lipinski definition) is 3. The molecule has 0 unspecified atom stereocenters. The Hall–Kier alpha value is -1.55. The average molecular weight is 223 g/mol. The molecular formula is C12H17NO3. The first-order valence-electron chi connectivity index (χ1n) is 5.42. The summed E-state index contributed by atoms with van der Waals surface area (Å²) in [5.74, 6) is -0.918. The summed E-state index contributed by atoms with van der Waals surface area (Å²) in [6.07, 6.45) is 2.66. The normalized spacial score (nSPS) is 10.1. The largest absolute Gasteiger partial charge is 0.478 e. The standard InChI is InChI=1S/C12H17NO3/c14-9-5-1-4-8-13-11-7-3-2-6-10(11)12(15)16/h2-3,6-7,13-14H,1,4-5,8-9H2,(H,15,16). The quantitative estimate of drug-likeness (QED) is 0.618. The molecule has 0 atom stereocenters. The van der Waals surface area contributed by atoms with Gasteiger partial charge >= 0.3 is 5.97 Å². The van der Waals surface area contributed by atoms with Crippen LogP contribution in [0.1, 0.15) is 29.6 Å². The Morgan fingerprint density at radius 1 is 1.19 bits per heavy atom. The first kappa shape index (κ1) is 12.5. The minimum atomic E-state index is -0.918. The zero-order valence-corrected chi connectivity index (χ0v) is 9.15. The molecule has 88 valence electrons. The fourth-order valence-corrected chi connectivity index (χ4v) is 1.46. The highest BCUT2D eigenvalue weighted by Gasteiger charge is 2.07. The van der Waals surface area contributed by atoms with Gasteiger partial charge in [0, 0.05) is 18.8 Å². The van der Waals surface area contributed by atoms with Gasteiger partial charge in [0.2, 0.25) is 0 Å². The van der Waals surface area contributed by atoms with Crippen LogP contribution in [0.5, 0.6) is 0 Å². The lowest BCUT2D eigenvalue weighted by molar-refractivity contribution is 0.0698. The van der Waals surface area contributed by atoms with Gasteiger partial charge in [0.25, 0.3) is 0 Å². The van der Waals surface area contributed by atoms with Crippen molar-refractivity contribution in [2.45, 2.75) is 19.3 Å². The van der Waals surface area contributed by atoms with Gasteiger partial charge in [-0.1, -0.05) is 12.1 Å². The molecule has 3 N–H and O–H groups in total. The van der Waals surface area contributed by atoms with E-state index in [0.717, 1.165) is 25.8 Å². The number of nitrogens with one attached hydrogen (secondary N) is 1. The van der Waals surface area contributed by atoms with E-state index in [1.807, 2.05) is 6.07 Å². The van der Waals surface area contributed by atoms with E-state index in [4.69, 9.17) is 10.2 Å². The zero-order valence-electron chi connectivity index (χ0n) is 9.15. The molecule has 0 amide bonds. The predicted octanol–water partition coefficient (Wildman–Crippen LogP) is 1.96. The number of para-hydroxylation sites is 1. The molecule has 0 saturated carbocycles. The minimum absolute atomic E-state index is 0.214. The molecule has 4 nitrogen and oxygen atoms in total. The van der Waals surface area contributed by atoms with Crippen molar-refractivity contribution in [3.05, 3.63) is 29.8 Å². The maximum Gasteiger partial charge on any atom is 0.337 e. The van der Waals surface area contributed by atoms with E-state index in [0.29, 0.717) is 11.3 Å². The highest BCUT2D eigenvalue weighted by molar-refractivity contribution is 5.94. The Morgan fingerprint density at radius 2 is 1.94 bits per heavy atom. The van der Waals surface area contributed by atoms with Crippen LogP contribution in [0.3, 0.4) is 0 Å². The third kappa shape index (κ3) is 3.90. The molecule has 4 heteroatoms. The van der Waals surface area contributed by atoms with E-state index in [2.05, 4.69) is 5.32 Å². The highest BCUT2D eigenvalue weighted by atomic mass is 16.4. The van der Waals surface area contributed by atoms with Gasteiger partial charge in [-0.05, 0) is 31.4 Å². The summed E-state index contributed by atoms with van der Waals surface area (Å²) in [7, 11) is 0. The van der Waals surface area contributed by atoms with E-state index in [1.54, 1.807) is 18.2 Å². The molecule has 0 aliphatic rings. The van der Waals surface area contributed by atoms with Crippen molar-refractivity contribution in [2.24, 2.45) is 0 Å². The van der Waals surface area contributed by atoms with Crippen molar-refractivity contribution >= 4 is 11.7 Å². The lowest BCUT2D eigenvalue weighted by Gasteiger charge is -2.08. The fourth-order valence-electron chi connectivity index (χ4n) is 1.46. The van der Waals surface area contributed by atoms with Crippen LogP contribution in [0.4, 0.5) is 5.69 Å². The van der Waals surface area contributed by atoms with Crippen molar-refractivity contribution in [3.63, 3.8) is 0 Å². The number of anilines is 1. The Labute approximate surface area is 94.9 Å². The number of aromatic carboxylic acids is 1. The molecule has 1 aromatic carbocycles. The van der Waals surface area contributed by atoms with Gasteiger partial charge in [0.1, 0.15) is 0 Å². The molecule has 1 rings (SSSR count). The molecule has 0 aliphatic carbocycles. The minimum Gasteiger partial charge on any atom is -0.478 e. The average Bonchev–Trinajstić information content (AvgIpc) is 2.29. The third-order valence-electron chi connectivity index (χ3n) is 2.31. The lowest BCUT2D eigenvalue weighted by atomic mass is 10.1. The van der Waals surface area contributed by atoms with E-state index in [9.17, 15) is 4.79 Å². The SMILES string of the molecule is O=C(O)c1ccccc1NCCCCCO.